The molecule has 2 bridgehead atoms. The number of carbonyl (C=O) groups excluding carboxylic acids is 2. The molecule has 126 valence electrons. The van der Waals surface area contributed by atoms with Gasteiger partial charge in [0.05, 0.1) is 32.0 Å². The molecule has 1 aromatic rings. The molecule has 2 unspecified atom stereocenters. The Kier molecular flexibility index (Phi) is 4.26. The second-order valence-electron chi connectivity index (χ2n) is 5.70. The summed E-state index contributed by atoms with van der Waals surface area (Å²) in [5, 5.41) is 9.58. The van der Waals surface area contributed by atoms with Crippen LogP contribution in [0, 0.1) is 0 Å². The number of aliphatic hydroxyl groups is 1. The van der Waals surface area contributed by atoms with E-state index in [1.165, 1.54) is 14.2 Å². The van der Waals surface area contributed by atoms with Crippen LogP contribution in [0.15, 0.2) is 53.1 Å². The summed E-state index contributed by atoms with van der Waals surface area (Å²) in [5.41, 5.74) is 0.577. The van der Waals surface area contributed by atoms with Crippen molar-refractivity contribution in [1.29, 1.82) is 0 Å². The molecule has 2 aliphatic rings. The molecule has 0 fully saturated rings. The molecule has 6 nitrogen and oxygen atoms in total. The number of benzene rings is 1. The average molecular weight is 330 g/mol. The molecule has 0 radical (unpaired) electrons. The highest BCUT2D eigenvalue weighted by Gasteiger charge is 2.57. The van der Waals surface area contributed by atoms with Crippen molar-refractivity contribution in [1.82, 2.24) is 0 Å². The van der Waals surface area contributed by atoms with E-state index >= 15 is 0 Å². The summed E-state index contributed by atoms with van der Waals surface area (Å²) in [7, 11) is 2.49. The fourth-order valence-electron chi connectivity index (χ4n) is 3.34. The molecule has 0 spiro atoms. The van der Waals surface area contributed by atoms with Crippen molar-refractivity contribution in [3.8, 4) is 0 Å². The Labute approximate surface area is 139 Å². The third-order valence-corrected chi connectivity index (χ3v) is 4.33. The van der Waals surface area contributed by atoms with Crippen molar-refractivity contribution in [3.63, 3.8) is 0 Å². The summed E-state index contributed by atoms with van der Waals surface area (Å²) in [6.45, 7) is -0.268. The first-order valence-electron chi connectivity index (χ1n) is 7.52. The van der Waals surface area contributed by atoms with E-state index in [0.717, 1.165) is 5.56 Å². The Morgan fingerprint density at radius 3 is 2.42 bits per heavy atom. The van der Waals surface area contributed by atoms with Gasteiger partial charge in [-0.1, -0.05) is 30.3 Å². The number of carbonyl (C=O) groups is 2. The van der Waals surface area contributed by atoms with Gasteiger partial charge in [0.15, 0.2) is 0 Å². The quantitative estimate of drug-likeness (QED) is 0.639. The minimum absolute atomic E-state index is 0.104. The standard InChI is InChI=1S/C18H18O6/c1-22-16(20)13-14(17(21)23-2)18(8-11-6-4-3-5-7-11)9-12(10-19)15(13)24-18/h3-7,9,15,19H,8,10H2,1-2H3. The van der Waals surface area contributed by atoms with Gasteiger partial charge in [-0.3, -0.25) is 0 Å². The molecule has 2 aliphatic heterocycles. The highest BCUT2D eigenvalue weighted by molar-refractivity contribution is 6.05. The lowest BCUT2D eigenvalue weighted by atomic mass is 9.80. The van der Waals surface area contributed by atoms with Crippen LogP contribution in [0.2, 0.25) is 0 Å². The van der Waals surface area contributed by atoms with Crippen LogP contribution in [0.4, 0.5) is 0 Å². The number of rotatable bonds is 5. The van der Waals surface area contributed by atoms with Crippen LogP contribution in [0.3, 0.4) is 0 Å². The minimum atomic E-state index is -1.14. The van der Waals surface area contributed by atoms with Gasteiger partial charge in [0.2, 0.25) is 0 Å². The Bertz CT molecular complexity index is 733. The first kappa shape index (κ1) is 16.4. The third kappa shape index (κ3) is 2.44. The van der Waals surface area contributed by atoms with Crippen molar-refractivity contribution in [2.45, 2.75) is 18.1 Å². The van der Waals surface area contributed by atoms with Crippen LogP contribution in [0.25, 0.3) is 0 Å². The fourth-order valence-corrected chi connectivity index (χ4v) is 3.34. The molecule has 0 amide bonds. The van der Waals surface area contributed by atoms with Crippen LogP contribution in [-0.2, 0) is 30.2 Å². The monoisotopic (exact) mass is 330 g/mol. The normalized spacial score (nSPS) is 24.8. The summed E-state index contributed by atoms with van der Waals surface area (Å²) in [6, 6.07) is 9.46. The maximum atomic E-state index is 12.4. The second kappa shape index (κ2) is 6.22. The maximum absolute atomic E-state index is 12.4. The van der Waals surface area contributed by atoms with Crippen molar-refractivity contribution in [2.75, 3.05) is 20.8 Å². The summed E-state index contributed by atoms with van der Waals surface area (Å²) < 4.78 is 15.7. The highest BCUT2D eigenvalue weighted by Crippen LogP contribution is 2.48. The van der Waals surface area contributed by atoms with E-state index in [-0.39, 0.29) is 17.8 Å². The van der Waals surface area contributed by atoms with Gasteiger partial charge in [0.1, 0.15) is 11.7 Å². The van der Waals surface area contributed by atoms with Crippen molar-refractivity contribution in [3.05, 3.63) is 58.7 Å². The lowest BCUT2D eigenvalue weighted by Gasteiger charge is -2.25. The van der Waals surface area contributed by atoms with Gasteiger partial charge < -0.3 is 19.3 Å². The van der Waals surface area contributed by atoms with Crippen LogP contribution in [-0.4, -0.2) is 49.6 Å². The minimum Gasteiger partial charge on any atom is -0.466 e. The largest absolute Gasteiger partial charge is 0.466 e. The Morgan fingerprint density at radius 1 is 1.17 bits per heavy atom. The zero-order chi connectivity index (χ0) is 17.3. The van der Waals surface area contributed by atoms with E-state index in [9.17, 15) is 14.7 Å². The van der Waals surface area contributed by atoms with Crippen molar-refractivity contribution >= 4 is 11.9 Å². The summed E-state index contributed by atoms with van der Waals surface area (Å²) in [6.07, 6.45) is 1.27. The molecule has 0 saturated carbocycles. The predicted molar refractivity (Wildman–Crippen MR) is 84.0 cm³/mol. The SMILES string of the molecule is COC(=O)C1=C(C(=O)OC)C2(Cc3ccccc3)C=C(CO)C1O2. The van der Waals surface area contributed by atoms with Gasteiger partial charge in [0, 0.05) is 6.42 Å². The molecule has 2 atom stereocenters. The average Bonchev–Trinajstić information content (AvgIpc) is 3.13. The molecule has 24 heavy (non-hydrogen) atoms. The lowest BCUT2D eigenvalue weighted by Crippen LogP contribution is -2.35. The number of methoxy groups -OCH3 is 2. The van der Waals surface area contributed by atoms with E-state index in [2.05, 4.69) is 0 Å². The van der Waals surface area contributed by atoms with Gasteiger partial charge in [-0.2, -0.15) is 0 Å². The van der Waals surface area contributed by atoms with Crippen LogP contribution >= 0.6 is 0 Å². The maximum Gasteiger partial charge on any atom is 0.337 e. The first-order chi connectivity index (χ1) is 11.6. The van der Waals surface area contributed by atoms with E-state index in [0.29, 0.717) is 12.0 Å². The lowest BCUT2D eigenvalue weighted by molar-refractivity contribution is -0.139. The van der Waals surface area contributed by atoms with Crippen molar-refractivity contribution < 1.29 is 28.9 Å². The van der Waals surface area contributed by atoms with Crippen molar-refractivity contribution in [2.24, 2.45) is 0 Å². The highest BCUT2D eigenvalue weighted by atomic mass is 16.6. The number of fused-ring (bicyclic) bond motifs is 2. The van der Waals surface area contributed by atoms with Crippen LogP contribution in [0.1, 0.15) is 5.56 Å². The van der Waals surface area contributed by atoms with Gasteiger partial charge >= 0.3 is 11.9 Å². The molecule has 0 saturated heterocycles. The fraction of sp³-hybridized carbons (Fsp3) is 0.333. The molecule has 2 heterocycles. The summed E-state index contributed by atoms with van der Waals surface area (Å²) in [5.74, 6) is -1.29. The van der Waals surface area contributed by atoms with Gasteiger partial charge in [-0.05, 0) is 17.2 Å². The topological polar surface area (TPSA) is 82.1 Å². The smallest absolute Gasteiger partial charge is 0.337 e. The molecule has 3 rings (SSSR count). The molecule has 1 N–H and O–H groups in total. The molecule has 6 heteroatoms. The summed E-state index contributed by atoms with van der Waals surface area (Å²) in [4.78, 5) is 24.6. The van der Waals surface area contributed by atoms with E-state index < -0.39 is 23.6 Å². The van der Waals surface area contributed by atoms with Gasteiger partial charge in [-0.15, -0.1) is 0 Å². The summed E-state index contributed by atoms with van der Waals surface area (Å²) >= 11 is 0. The third-order valence-electron chi connectivity index (χ3n) is 4.33. The Morgan fingerprint density at radius 2 is 1.83 bits per heavy atom. The van der Waals surface area contributed by atoms with Gasteiger partial charge in [0.25, 0.3) is 0 Å². The number of esters is 2. The molecule has 0 aliphatic carbocycles. The zero-order valence-electron chi connectivity index (χ0n) is 13.4. The van der Waals surface area contributed by atoms with Gasteiger partial charge in [-0.25, -0.2) is 9.59 Å². The Hall–Kier alpha value is -2.44. The molecule has 0 aromatic heterocycles. The predicted octanol–water partition coefficient (Wildman–Crippen LogP) is 0.942. The van der Waals surface area contributed by atoms with Crippen LogP contribution < -0.4 is 0 Å². The number of ether oxygens (including phenoxy) is 3. The number of hydrogen-bond acceptors (Lipinski definition) is 6. The molecule has 1 aromatic carbocycles. The first-order valence-corrected chi connectivity index (χ1v) is 7.52. The van der Waals surface area contributed by atoms with Crippen LogP contribution in [0.5, 0.6) is 0 Å². The van der Waals surface area contributed by atoms with E-state index in [4.69, 9.17) is 14.2 Å². The van der Waals surface area contributed by atoms with E-state index in [1.54, 1.807) is 6.08 Å². The molecular weight excluding hydrogens is 312 g/mol. The molecular formula is C18H18O6. The Balaban J connectivity index is 2.13. The second-order valence-corrected chi connectivity index (χ2v) is 5.70. The van der Waals surface area contributed by atoms with E-state index in [1.807, 2.05) is 30.3 Å². The number of hydrogen-bond donors (Lipinski definition) is 1. The zero-order valence-corrected chi connectivity index (χ0v) is 13.4. The number of aliphatic hydroxyl groups excluding tert-OH is 1.